The summed E-state index contributed by atoms with van der Waals surface area (Å²) in [6.45, 7) is -0.393. The predicted molar refractivity (Wildman–Crippen MR) is 65.7 cm³/mol. The average molecular weight is 297 g/mol. The van der Waals surface area contributed by atoms with Crippen LogP contribution in [0.2, 0.25) is 0 Å². The number of esters is 1. The smallest absolute Gasteiger partial charge is 0.365 e. The van der Waals surface area contributed by atoms with Gasteiger partial charge < -0.3 is 4.74 Å². The highest BCUT2D eigenvalue weighted by molar-refractivity contribution is 5.91. The summed E-state index contributed by atoms with van der Waals surface area (Å²) < 4.78 is 32.3. The van der Waals surface area contributed by atoms with Gasteiger partial charge in [0.05, 0.1) is 18.6 Å². The van der Waals surface area contributed by atoms with Crippen LogP contribution < -0.4 is 0 Å². The summed E-state index contributed by atoms with van der Waals surface area (Å²) in [4.78, 5) is 21.4. The summed E-state index contributed by atoms with van der Waals surface area (Å²) in [5.41, 5.74) is -1.44. The van der Waals surface area contributed by atoms with Crippen molar-refractivity contribution in [2.75, 3.05) is 7.11 Å². The first kappa shape index (κ1) is 14.6. The molecule has 2 rings (SSSR count). The summed E-state index contributed by atoms with van der Waals surface area (Å²) in [5, 5.41) is 14.5. The number of methoxy groups -OCH3 is 1. The van der Waals surface area contributed by atoms with Gasteiger partial charge in [-0.15, -0.1) is 0 Å². The molecule has 0 N–H and O–H groups in total. The Hall–Kier alpha value is -2.84. The van der Waals surface area contributed by atoms with E-state index in [9.17, 15) is 23.7 Å². The van der Waals surface area contributed by atoms with E-state index in [0.29, 0.717) is 0 Å². The standard InChI is InChI=1S/C12H9F2N3O4/c1-21-12(18)11-10(17(19)20)6-16(15-11)5-7-8(13)3-2-4-9(7)14/h2-4,6H,5H2,1H3. The number of ether oxygens (including phenoxy) is 1. The Bertz CT molecular complexity index is 694. The second kappa shape index (κ2) is 5.65. The van der Waals surface area contributed by atoms with E-state index < -0.39 is 40.5 Å². The molecule has 1 heterocycles. The molecule has 9 heteroatoms. The first-order valence-electron chi connectivity index (χ1n) is 5.67. The zero-order valence-electron chi connectivity index (χ0n) is 10.7. The van der Waals surface area contributed by atoms with Crippen LogP contribution in [0.25, 0.3) is 0 Å². The molecular formula is C12H9F2N3O4. The van der Waals surface area contributed by atoms with Crippen LogP contribution in [0.5, 0.6) is 0 Å². The van der Waals surface area contributed by atoms with E-state index in [1.807, 2.05) is 0 Å². The van der Waals surface area contributed by atoms with Crippen LogP contribution in [-0.2, 0) is 11.3 Å². The molecule has 0 saturated heterocycles. The van der Waals surface area contributed by atoms with Gasteiger partial charge in [0.15, 0.2) is 0 Å². The lowest BCUT2D eigenvalue weighted by atomic mass is 10.2. The van der Waals surface area contributed by atoms with Crippen molar-refractivity contribution >= 4 is 11.7 Å². The molecule has 0 radical (unpaired) electrons. The van der Waals surface area contributed by atoms with Crippen molar-refractivity contribution in [2.24, 2.45) is 0 Å². The molecule has 0 atom stereocenters. The molecule has 2 aromatic rings. The number of hydrogen-bond acceptors (Lipinski definition) is 5. The third-order valence-electron chi connectivity index (χ3n) is 2.70. The maximum absolute atomic E-state index is 13.5. The van der Waals surface area contributed by atoms with Crippen molar-refractivity contribution in [3.8, 4) is 0 Å². The molecule has 0 unspecified atom stereocenters. The van der Waals surface area contributed by atoms with E-state index in [-0.39, 0.29) is 5.56 Å². The third-order valence-corrected chi connectivity index (χ3v) is 2.70. The maximum Gasteiger partial charge on any atom is 0.365 e. The molecular weight excluding hydrogens is 288 g/mol. The summed E-state index contributed by atoms with van der Waals surface area (Å²) in [6.07, 6.45) is 0.915. The molecule has 21 heavy (non-hydrogen) atoms. The van der Waals surface area contributed by atoms with E-state index in [1.54, 1.807) is 0 Å². The van der Waals surface area contributed by atoms with Crippen LogP contribution in [0, 0.1) is 21.7 Å². The highest BCUT2D eigenvalue weighted by Gasteiger charge is 2.26. The first-order valence-corrected chi connectivity index (χ1v) is 5.67. The summed E-state index contributed by atoms with van der Waals surface area (Å²) >= 11 is 0. The molecule has 0 aliphatic heterocycles. The highest BCUT2D eigenvalue weighted by Crippen LogP contribution is 2.20. The first-order chi connectivity index (χ1) is 9.93. The van der Waals surface area contributed by atoms with Gasteiger partial charge in [0.2, 0.25) is 5.69 Å². The number of nitrogens with zero attached hydrogens (tertiary/aromatic N) is 3. The minimum Gasteiger partial charge on any atom is -0.464 e. The van der Waals surface area contributed by atoms with E-state index in [1.165, 1.54) is 6.07 Å². The molecule has 0 spiro atoms. The Kier molecular flexibility index (Phi) is 3.92. The quantitative estimate of drug-likeness (QED) is 0.488. The number of rotatable bonds is 4. The number of benzene rings is 1. The minimum atomic E-state index is -1.01. The molecule has 0 aliphatic carbocycles. The van der Waals surface area contributed by atoms with Crippen molar-refractivity contribution in [1.29, 1.82) is 0 Å². The molecule has 1 aromatic carbocycles. The predicted octanol–water partition coefficient (Wildman–Crippen LogP) is 1.90. The van der Waals surface area contributed by atoms with Crippen LogP contribution in [0.15, 0.2) is 24.4 Å². The number of carbonyl (C=O) groups excluding carboxylic acids is 1. The Balaban J connectivity index is 2.42. The van der Waals surface area contributed by atoms with Crippen LogP contribution in [0.4, 0.5) is 14.5 Å². The van der Waals surface area contributed by atoms with Gasteiger partial charge in [0.1, 0.15) is 17.8 Å². The number of nitro groups is 1. The fourth-order valence-corrected chi connectivity index (χ4v) is 1.71. The topological polar surface area (TPSA) is 87.3 Å². The number of halogens is 2. The largest absolute Gasteiger partial charge is 0.464 e. The number of hydrogen-bond donors (Lipinski definition) is 0. The molecule has 0 aliphatic rings. The fraction of sp³-hybridized carbons (Fsp3) is 0.167. The second-order valence-corrected chi connectivity index (χ2v) is 4.01. The van der Waals surface area contributed by atoms with E-state index in [2.05, 4.69) is 9.84 Å². The zero-order chi connectivity index (χ0) is 15.6. The van der Waals surface area contributed by atoms with Crippen LogP contribution in [0.3, 0.4) is 0 Å². The Morgan fingerprint density at radius 3 is 2.57 bits per heavy atom. The van der Waals surface area contributed by atoms with E-state index in [4.69, 9.17) is 0 Å². The average Bonchev–Trinajstić information content (AvgIpc) is 2.86. The zero-order valence-corrected chi connectivity index (χ0v) is 10.7. The van der Waals surface area contributed by atoms with Crippen molar-refractivity contribution in [3.05, 3.63) is 57.4 Å². The summed E-state index contributed by atoms with van der Waals surface area (Å²) in [7, 11) is 1.04. The lowest BCUT2D eigenvalue weighted by Crippen LogP contribution is -2.08. The molecule has 110 valence electrons. The Morgan fingerprint density at radius 2 is 2.05 bits per heavy atom. The maximum atomic E-state index is 13.5. The van der Waals surface area contributed by atoms with Crippen LogP contribution >= 0.6 is 0 Å². The third kappa shape index (κ3) is 2.86. The van der Waals surface area contributed by atoms with Crippen molar-refractivity contribution in [3.63, 3.8) is 0 Å². The Morgan fingerprint density at radius 1 is 1.43 bits per heavy atom. The van der Waals surface area contributed by atoms with Crippen molar-refractivity contribution in [1.82, 2.24) is 9.78 Å². The number of carbonyl (C=O) groups is 1. The molecule has 7 nitrogen and oxygen atoms in total. The molecule has 0 amide bonds. The van der Waals surface area contributed by atoms with Crippen molar-refractivity contribution in [2.45, 2.75) is 6.54 Å². The van der Waals surface area contributed by atoms with E-state index >= 15 is 0 Å². The molecule has 1 aromatic heterocycles. The van der Waals surface area contributed by atoms with Crippen LogP contribution in [0.1, 0.15) is 16.1 Å². The molecule has 0 fully saturated rings. The molecule has 0 bridgehead atoms. The minimum absolute atomic E-state index is 0.314. The molecule has 0 saturated carbocycles. The van der Waals surface area contributed by atoms with Gasteiger partial charge in [0, 0.05) is 5.56 Å². The van der Waals surface area contributed by atoms with Gasteiger partial charge in [-0.05, 0) is 12.1 Å². The number of aromatic nitrogens is 2. The SMILES string of the molecule is COC(=O)c1nn(Cc2c(F)cccc2F)cc1[N+](=O)[O-]. The van der Waals surface area contributed by atoms with Gasteiger partial charge in [-0.2, -0.15) is 5.10 Å². The Labute approximate surface area is 116 Å². The van der Waals surface area contributed by atoms with Gasteiger partial charge in [-0.25, -0.2) is 13.6 Å². The highest BCUT2D eigenvalue weighted by atomic mass is 19.1. The lowest BCUT2D eigenvalue weighted by molar-refractivity contribution is -0.385. The monoisotopic (exact) mass is 297 g/mol. The van der Waals surface area contributed by atoms with E-state index in [0.717, 1.165) is 30.1 Å². The van der Waals surface area contributed by atoms with Gasteiger partial charge in [-0.3, -0.25) is 14.8 Å². The lowest BCUT2D eigenvalue weighted by Gasteiger charge is -2.04. The van der Waals surface area contributed by atoms with Crippen LogP contribution in [-0.4, -0.2) is 27.8 Å². The van der Waals surface area contributed by atoms with Gasteiger partial charge >= 0.3 is 11.7 Å². The van der Waals surface area contributed by atoms with Crippen molar-refractivity contribution < 1.29 is 23.2 Å². The normalized spacial score (nSPS) is 10.4. The second-order valence-electron chi connectivity index (χ2n) is 4.01. The summed E-state index contributed by atoms with van der Waals surface area (Å²) in [6, 6.07) is 3.30. The van der Waals surface area contributed by atoms with Gasteiger partial charge in [-0.1, -0.05) is 6.07 Å². The summed E-state index contributed by atoms with van der Waals surface area (Å²) in [5.74, 6) is -2.63. The van der Waals surface area contributed by atoms with Gasteiger partial charge in [0.25, 0.3) is 0 Å². The fourth-order valence-electron chi connectivity index (χ4n) is 1.71.